The fraction of sp³-hybridized carbons (Fsp3) is 0.190. The number of likely N-dealkylation sites (N-methyl/N-ethyl adjacent to an activating group) is 1. The first-order valence-electron chi connectivity index (χ1n) is 8.74. The van der Waals surface area contributed by atoms with Crippen molar-refractivity contribution in [2.75, 3.05) is 37.8 Å². The lowest BCUT2D eigenvalue weighted by molar-refractivity contribution is 0.425. The molecule has 0 saturated carbocycles. The van der Waals surface area contributed by atoms with E-state index in [1.165, 1.54) is 0 Å². The molecule has 0 spiro atoms. The topological polar surface area (TPSA) is 76.9 Å². The molecule has 27 heavy (non-hydrogen) atoms. The molecule has 3 rings (SSSR count). The van der Waals surface area contributed by atoms with Crippen LogP contribution in [-0.4, -0.2) is 42.1 Å². The van der Waals surface area contributed by atoms with Crippen molar-refractivity contribution < 1.29 is 0 Å². The van der Waals surface area contributed by atoms with Gasteiger partial charge in [0.2, 0.25) is 0 Å². The number of nitriles is 1. The summed E-state index contributed by atoms with van der Waals surface area (Å²) < 4.78 is 0. The van der Waals surface area contributed by atoms with Crippen LogP contribution in [0.4, 0.5) is 17.3 Å². The van der Waals surface area contributed by atoms with Gasteiger partial charge in [-0.05, 0) is 38.4 Å². The van der Waals surface area contributed by atoms with Crippen molar-refractivity contribution in [3.8, 4) is 17.5 Å². The van der Waals surface area contributed by atoms with Crippen molar-refractivity contribution in [3.05, 3.63) is 66.2 Å². The van der Waals surface area contributed by atoms with Crippen molar-refractivity contribution in [2.24, 2.45) is 0 Å². The van der Waals surface area contributed by atoms with E-state index in [1.54, 1.807) is 12.1 Å². The Balaban J connectivity index is 1.87. The highest BCUT2D eigenvalue weighted by atomic mass is 15.1. The molecule has 0 radical (unpaired) electrons. The van der Waals surface area contributed by atoms with E-state index in [4.69, 9.17) is 5.26 Å². The third kappa shape index (κ3) is 5.27. The van der Waals surface area contributed by atoms with Gasteiger partial charge in [0.15, 0.2) is 5.82 Å². The van der Waals surface area contributed by atoms with Gasteiger partial charge in [-0.3, -0.25) is 0 Å². The van der Waals surface area contributed by atoms with Crippen molar-refractivity contribution in [1.29, 1.82) is 5.26 Å². The minimum absolute atomic E-state index is 0.624. The van der Waals surface area contributed by atoms with Crippen LogP contribution in [0.2, 0.25) is 0 Å². The van der Waals surface area contributed by atoms with Gasteiger partial charge in [-0.25, -0.2) is 9.97 Å². The molecule has 0 bridgehead atoms. The van der Waals surface area contributed by atoms with E-state index < -0.39 is 0 Å². The van der Waals surface area contributed by atoms with Crippen LogP contribution in [0, 0.1) is 11.3 Å². The van der Waals surface area contributed by atoms with Crippen LogP contribution in [0.25, 0.3) is 11.4 Å². The zero-order valence-electron chi connectivity index (χ0n) is 15.5. The van der Waals surface area contributed by atoms with Crippen molar-refractivity contribution in [3.63, 3.8) is 0 Å². The maximum Gasteiger partial charge on any atom is 0.163 e. The Labute approximate surface area is 159 Å². The number of benzene rings is 2. The highest BCUT2D eigenvalue weighted by Gasteiger charge is 2.07. The molecule has 136 valence electrons. The van der Waals surface area contributed by atoms with Gasteiger partial charge in [-0.2, -0.15) is 5.26 Å². The second-order valence-electron chi connectivity index (χ2n) is 6.37. The fourth-order valence-electron chi connectivity index (χ4n) is 2.50. The van der Waals surface area contributed by atoms with Gasteiger partial charge < -0.3 is 15.5 Å². The Kier molecular flexibility index (Phi) is 5.98. The highest BCUT2D eigenvalue weighted by Crippen LogP contribution is 2.22. The van der Waals surface area contributed by atoms with E-state index in [2.05, 4.69) is 31.6 Å². The van der Waals surface area contributed by atoms with E-state index >= 15 is 0 Å². The molecule has 0 aliphatic rings. The standard InChI is InChI=1S/C21H22N6/c1-27(2)13-12-23-19-14-20(24-18-10-8-16(15-22)9-11-18)26-21(25-19)17-6-4-3-5-7-17/h3-11,14H,12-13H2,1-2H3,(H2,23,24,25,26). The van der Waals surface area contributed by atoms with Crippen LogP contribution in [0.3, 0.4) is 0 Å². The number of hydrogen-bond acceptors (Lipinski definition) is 6. The predicted octanol–water partition coefficient (Wildman–Crippen LogP) is 3.73. The van der Waals surface area contributed by atoms with Crippen LogP contribution in [0.1, 0.15) is 5.56 Å². The van der Waals surface area contributed by atoms with Crippen LogP contribution < -0.4 is 10.6 Å². The summed E-state index contributed by atoms with van der Waals surface area (Å²) in [6.45, 7) is 1.69. The summed E-state index contributed by atoms with van der Waals surface area (Å²) >= 11 is 0. The van der Waals surface area contributed by atoms with E-state index in [0.29, 0.717) is 17.2 Å². The van der Waals surface area contributed by atoms with Crippen LogP contribution in [0.5, 0.6) is 0 Å². The van der Waals surface area contributed by atoms with E-state index in [1.807, 2.05) is 62.6 Å². The number of nitrogens with zero attached hydrogens (tertiary/aromatic N) is 4. The summed E-state index contributed by atoms with van der Waals surface area (Å²) in [5.41, 5.74) is 2.45. The van der Waals surface area contributed by atoms with E-state index in [0.717, 1.165) is 30.2 Å². The second-order valence-corrected chi connectivity index (χ2v) is 6.37. The van der Waals surface area contributed by atoms with Crippen molar-refractivity contribution in [1.82, 2.24) is 14.9 Å². The molecule has 0 unspecified atom stereocenters. The van der Waals surface area contributed by atoms with Gasteiger partial charge in [0, 0.05) is 30.4 Å². The monoisotopic (exact) mass is 358 g/mol. The van der Waals surface area contributed by atoms with E-state index in [9.17, 15) is 0 Å². The van der Waals surface area contributed by atoms with Gasteiger partial charge in [0.05, 0.1) is 11.6 Å². The summed E-state index contributed by atoms with van der Waals surface area (Å²) in [5.74, 6) is 2.12. The highest BCUT2D eigenvalue weighted by molar-refractivity contribution is 5.65. The molecule has 0 aliphatic heterocycles. The Hall–Kier alpha value is -3.43. The quantitative estimate of drug-likeness (QED) is 0.670. The van der Waals surface area contributed by atoms with Gasteiger partial charge in [0.1, 0.15) is 11.6 Å². The molecule has 0 amide bonds. The molecule has 0 fully saturated rings. The molecule has 2 N–H and O–H groups in total. The molecule has 0 saturated heterocycles. The van der Waals surface area contributed by atoms with Crippen molar-refractivity contribution >= 4 is 17.3 Å². The molecule has 0 aliphatic carbocycles. The lowest BCUT2D eigenvalue weighted by atomic mass is 10.2. The van der Waals surface area contributed by atoms with Gasteiger partial charge in [0.25, 0.3) is 0 Å². The lowest BCUT2D eigenvalue weighted by Gasteiger charge is -2.13. The van der Waals surface area contributed by atoms with Gasteiger partial charge in [-0.1, -0.05) is 30.3 Å². The predicted molar refractivity (Wildman–Crippen MR) is 109 cm³/mol. The van der Waals surface area contributed by atoms with Crippen LogP contribution in [-0.2, 0) is 0 Å². The first-order chi connectivity index (χ1) is 13.1. The first kappa shape index (κ1) is 18.4. The lowest BCUT2D eigenvalue weighted by Crippen LogP contribution is -2.21. The molecule has 6 nitrogen and oxygen atoms in total. The summed E-state index contributed by atoms with van der Waals surface area (Å²) in [7, 11) is 4.07. The number of nitrogens with one attached hydrogen (secondary N) is 2. The Bertz CT molecular complexity index is 914. The molecule has 1 aromatic heterocycles. The average molecular weight is 358 g/mol. The molecule has 3 aromatic rings. The maximum absolute atomic E-state index is 8.94. The molecule has 1 heterocycles. The number of anilines is 3. The summed E-state index contributed by atoms with van der Waals surface area (Å²) in [6.07, 6.45) is 0. The second kappa shape index (κ2) is 8.79. The van der Waals surface area contributed by atoms with Crippen LogP contribution >= 0.6 is 0 Å². The normalized spacial score (nSPS) is 10.4. The Morgan fingerprint density at radius 1 is 0.963 bits per heavy atom. The van der Waals surface area contributed by atoms with Crippen LogP contribution in [0.15, 0.2) is 60.7 Å². The minimum Gasteiger partial charge on any atom is -0.369 e. The smallest absolute Gasteiger partial charge is 0.163 e. The zero-order valence-corrected chi connectivity index (χ0v) is 15.5. The van der Waals surface area contributed by atoms with E-state index in [-0.39, 0.29) is 0 Å². The minimum atomic E-state index is 0.624. The number of rotatable bonds is 7. The summed E-state index contributed by atoms with van der Waals surface area (Å²) in [4.78, 5) is 11.4. The Morgan fingerprint density at radius 3 is 2.33 bits per heavy atom. The third-order valence-corrected chi connectivity index (χ3v) is 3.91. The molecule has 2 aromatic carbocycles. The summed E-state index contributed by atoms with van der Waals surface area (Å²) in [6, 6.07) is 21.2. The molecular formula is C21H22N6. The fourth-order valence-corrected chi connectivity index (χ4v) is 2.50. The maximum atomic E-state index is 8.94. The third-order valence-electron chi connectivity index (χ3n) is 3.91. The first-order valence-corrected chi connectivity index (χ1v) is 8.74. The number of aromatic nitrogens is 2. The zero-order chi connectivity index (χ0) is 19.1. The van der Waals surface area contributed by atoms with Gasteiger partial charge in [-0.15, -0.1) is 0 Å². The number of hydrogen-bond donors (Lipinski definition) is 2. The molecule has 0 atom stereocenters. The molecular weight excluding hydrogens is 336 g/mol. The average Bonchev–Trinajstić information content (AvgIpc) is 2.69. The molecule has 6 heteroatoms. The SMILES string of the molecule is CN(C)CCNc1cc(Nc2ccc(C#N)cc2)nc(-c2ccccc2)n1. The van der Waals surface area contributed by atoms with Gasteiger partial charge >= 0.3 is 0 Å². The Morgan fingerprint density at radius 2 is 1.67 bits per heavy atom. The largest absolute Gasteiger partial charge is 0.369 e. The van der Waals surface area contributed by atoms with Crippen molar-refractivity contribution in [2.45, 2.75) is 0 Å². The summed E-state index contributed by atoms with van der Waals surface area (Å²) in [5, 5.41) is 15.6.